The second-order valence-electron chi connectivity index (χ2n) is 5.07. The first-order valence-corrected chi connectivity index (χ1v) is 7.39. The molecule has 0 heterocycles. The highest BCUT2D eigenvalue weighted by molar-refractivity contribution is 5.84. The number of hydrogen-bond donors (Lipinski definition) is 1. The Bertz CT molecular complexity index is 418. The third kappa shape index (κ3) is 10.4. The van der Waals surface area contributed by atoms with Gasteiger partial charge in [-0.25, -0.2) is 9.59 Å². The molecule has 132 valence electrons. The van der Waals surface area contributed by atoms with Crippen molar-refractivity contribution in [3.05, 3.63) is 0 Å². The van der Waals surface area contributed by atoms with Crippen LogP contribution in [0.2, 0.25) is 0 Å². The van der Waals surface area contributed by atoms with Crippen molar-refractivity contribution in [3.8, 4) is 0 Å². The van der Waals surface area contributed by atoms with Gasteiger partial charge in [-0.2, -0.15) is 0 Å². The molecule has 0 saturated heterocycles. The highest BCUT2D eigenvalue weighted by Gasteiger charge is 2.21. The van der Waals surface area contributed by atoms with E-state index in [-0.39, 0.29) is 12.2 Å². The van der Waals surface area contributed by atoms with Gasteiger partial charge in [0.1, 0.15) is 0 Å². The van der Waals surface area contributed by atoms with Gasteiger partial charge in [0.15, 0.2) is 24.6 Å². The number of carboxylic acids is 1. The molecule has 0 aliphatic heterocycles. The molecule has 8 heteroatoms. The van der Waals surface area contributed by atoms with E-state index in [1.165, 1.54) is 21.0 Å². The number of unbranched alkanes of at least 4 members (excludes halogenated alkanes) is 2. The van der Waals surface area contributed by atoms with Crippen LogP contribution in [0, 0.1) is 0 Å². The summed E-state index contributed by atoms with van der Waals surface area (Å²) in [6.45, 7) is 2.19. The zero-order chi connectivity index (χ0) is 17.8. The highest BCUT2D eigenvalue weighted by Crippen LogP contribution is 2.10. The summed E-state index contributed by atoms with van der Waals surface area (Å²) in [4.78, 5) is 44.7. The first-order valence-electron chi connectivity index (χ1n) is 7.39. The van der Waals surface area contributed by atoms with Crippen LogP contribution in [-0.2, 0) is 33.4 Å². The number of Topliss-reactive ketones (excluding diaryl/α,β-unsaturated/α-hetero) is 1. The van der Waals surface area contributed by atoms with E-state index in [1.54, 1.807) is 0 Å². The minimum Gasteiger partial charge on any atom is -0.481 e. The maximum atomic E-state index is 11.6. The molecule has 0 aliphatic carbocycles. The summed E-state index contributed by atoms with van der Waals surface area (Å²) in [5, 5.41) is 8.52. The largest absolute Gasteiger partial charge is 0.481 e. The molecule has 0 aromatic rings. The molecule has 0 radical (unpaired) electrons. The van der Waals surface area contributed by atoms with Crippen molar-refractivity contribution in [1.29, 1.82) is 0 Å². The lowest BCUT2D eigenvalue weighted by Crippen LogP contribution is -2.30. The number of hydrogen-bond acceptors (Lipinski definition) is 7. The minimum atomic E-state index is -0.911. The van der Waals surface area contributed by atoms with Gasteiger partial charge < -0.3 is 19.3 Å². The van der Waals surface area contributed by atoms with E-state index in [4.69, 9.17) is 19.3 Å². The van der Waals surface area contributed by atoms with Crippen molar-refractivity contribution in [2.75, 3.05) is 13.7 Å². The number of esters is 2. The van der Waals surface area contributed by atoms with Crippen molar-refractivity contribution in [2.24, 2.45) is 0 Å². The Hall–Kier alpha value is -1.96. The monoisotopic (exact) mass is 332 g/mol. The average molecular weight is 332 g/mol. The number of rotatable bonds is 12. The summed E-state index contributed by atoms with van der Waals surface area (Å²) in [6.07, 6.45) is 0.354. The van der Waals surface area contributed by atoms with E-state index in [1.807, 2.05) is 0 Å². The molecule has 0 spiro atoms. The summed E-state index contributed by atoms with van der Waals surface area (Å²) >= 11 is 0. The van der Waals surface area contributed by atoms with Gasteiger partial charge in [0.05, 0.1) is 0 Å². The van der Waals surface area contributed by atoms with Crippen molar-refractivity contribution in [3.63, 3.8) is 0 Å². The van der Waals surface area contributed by atoms with E-state index in [9.17, 15) is 19.2 Å². The number of ether oxygens (including phenoxy) is 3. The molecule has 2 unspecified atom stereocenters. The Balaban J connectivity index is 4.11. The van der Waals surface area contributed by atoms with Gasteiger partial charge in [0.2, 0.25) is 0 Å². The molecule has 0 aromatic heterocycles. The van der Waals surface area contributed by atoms with Crippen LogP contribution in [0.25, 0.3) is 0 Å². The van der Waals surface area contributed by atoms with Crippen LogP contribution in [0.1, 0.15) is 46.0 Å². The summed E-state index contributed by atoms with van der Waals surface area (Å²) < 4.78 is 14.4. The van der Waals surface area contributed by atoms with Crippen LogP contribution >= 0.6 is 0 Å². The number of methoxy groups -OCH3 is 1. The molecule has 0 rings (SSSR count). The zero-order valence-electron chi connectivity index (χ0n) is 13.7. The fraction of sp³-hybridized carbons (Fsp3) is 0.733. The van der Waals surface area contributed by atoms with Gasteiger partial charge in [-0.15, -0.1) is 0 Å². The van der Waals surface area contributed by atoms with Crippen molar-refractivity contribution >= 4 is 23.7 Å². The Kier molecular flexibility index (Phi) is 10.6. The second kappa shape index (κ2) is 11.6. The molecule has 0 bridgehead atoms. The van der Waals surface area contributed by atoms with Gasteiger partial charge in [0.25, 0.3) is 0 Å². The smallest absolute Gasteiger partial charge is 0.344 e. The number of ketones is 1. The standard InChI is InChI=1S/C15H24O8/c1-10(16)12(7-5-4-6-8-13(17)18)23-14(19)9-22-15(20)11(2)21-3/h11-12H,4-9H2,1-3H3,(H,17,18). The van der Waals surface area contributed by atoms with E-state index >= 15 is 0 Å². The Labute approximate surface area is 135 Å². The molecule has 8 nitrogen and oxygen atoms in total. The molecule has 2 atom stereocenters. The van der Waals surface area contributed by atoms with E-state index in [2.05, 4.69) is 0 Å². The average Bonchev–Trinajstić information content (AvgIpc) is 2.49. The highest BCUT2D eigenvalue weighted by atomic mass is 16.6. The Morgan fingerprint density at radius 1 is 1.09 bits per heavy atom. The minimum absolute atomic E-state index is 0.0676. The number of carbonyl (C=O) groups is 4. The topological polar surface area (TPSA) is 116 Å². The molecular weight excluding hydrogens is 308 g/mol. The molecule has 0 amide bonds. The van der Waals surface area contributed by atoms with Crippen LogP contribution in [0.4, 0.5) is 0 Å². The van der Waals surface area contributed by atoms with Gasteiger partial charge in [-0.1, -0.05) is 6.42 Å². The Morgan fingerprint density at radius 2 is 1.74 bits per heavy atom. The van der Waals surface area contributed by atoms with Crippen LogP contribution in [0.15, 0.2) is 0 Å². The van der Waals surface area contributed by atoms with Crippen LogP contribution < -0.4 is 0 Å². The van der Waals surface area contributed by atoms with Gasteiger partial charge in [-0.05, 0) is 33.1 Å². The number of carboxylic acid groups (broad SMARTS) is 1. The summed E-state index contributed by atoms with van der Waals surface area (Å²) in [6, 6.07) is 0. The third-order valence-electron chi connectivity index (χ3n) is 3.10. The number of aliphatic carboxylic acids is 1. The SMILES string of the molecule is COC(C)C(=O)OCC(=O)OC(CCCCCC(=O)O)C(C)=O. The maximum Gasteiger partial charge on any atom is 0.344 e. The third-order valence-corrected chi connectivity index (χ3v) is 3.10. The van der Waals surface area contributed by atoms with Gasteiger partial charge in [0, 0.05) is 13.5 Å². The van der Waals surface area contributed by atoms with Crippen molar-refractivity contribution in [2.45, 2.75) is 58.2 Å². The number of carbonyl (C=O) groups excluding carboxylic acids is 3. The van der Waals surface area contributed by atoms with E-state index < -0.39 is 36.7 Å². The Morgan fingerprint density at radius 3 is 2.26 bits per heavy atom. The maximum absolute atomic E-state index is 11.6. The lowest BCUT2D eigenvalue weighted by Gasteiger charge is -2.15. The zero-order valence-corrected chi connectivity index (χ0v) is 13.7. The molecule has 0 aliphatic rings. The fourth-order valence-electron chi connectivity index (χ4n) is 1.66. The van der Waals surface area contributed by atoms with Gasteiger partial charge >= 0.3 is 17.9 Å². The summed E-state index contributed by atoms with van der Waals surface area (Å²) in [5.74, 6) is -2.69. The molecule has 0 fully saturated rings. The van der Waals surface area contributed by atoms with Crippen LogP contribution in [0.3, 0.4) is 0 Å². The molecular formula is C15H24O8. The first-order chi connectivity index (χ1) is 10.8. The molecule has 0 aromatic carbocycles. The first kappa shape index (κ1) is 21.0. The molecule has 0 saturated carbocycles. The van der Waals surface area contributed by atoms with E-state index in [0.717, 1.165) is 0 Å². The predicted octanol–water partition coefficient (Wildman–Crippen LogP) is 1.10. The fourth-order valence-corrected chi connectivity index (χ4v) is 1.66. The van der Waals surface area contributed by atoms with Crippen molar-refractivity contribution in [1.82, 2.24) is 0 Å². The lowest BCUT2D eigenvalue weighted by molar-refractivity contribution is -0.168. The van der Waals surface area contributed by atoms with Crippen LogP contribution in [-0.4, -0.2) is 54.7 Å². The molecule has 23 heavy (non-hydrogen) atoms. The summed E-state index contributed by atoms with van der Waals surface area (Å²) in [5.41, 5.74) is 0. The predicted molar refractivity (Wildman–Crippen MR) is 78.7 cm³/mol. The van der Waals surface area contributed by atoms with Crippen molar-refractivity contribution < 1.29 is 38.5 Å². The van der Waals surface area contributed by atoms with Gasteiger partial charge in [-0.3, -0.25) is 9.59 Å². The lowest BCUT2D eigenvalue weighted by atomic mass is 10.1. The van der Waals surface area contributed by atoms with Crippen LogP contribution in [0.5, 0.6) is 0 Å². The quantitative estimate of drug-likeness (QED) is 0.417. The second-order valence-corrected chi connectivity index (χ2v) is 5.07. The summed E-state index contributed by atoms with van der Waals surface area (Å²) in [7, 11) is 1.33. The van der Waals surface area contributed by atoms with E-state index in [0.29, 0.717) is 25.7 Å². The molecule has 1 N–H and O–H groups in total. The normalized spacial score (nSPS) is 13.0.